The largest absolute Gasteiger partial charge is 0.493 e. The second-order valence-electron chi connectivity index (χ2n) is 9.43. The number of para-hydroxylation sites is 1. The number of nitrogens with one attached hydrogen (secondary N) is 1. The van der Waals surface area contributed by atoms with Gasteiger partial charge >= 0.3 is 5.97 Å². The molecular formula is C28H31NO5S. The van der Waals surface area contributed by atoms with Gasteiger partial charge in [-0.2, -0.15) is 0 Å². The van der Waals surface area contributed by atoms with Crippen LogP contribution in [-0.2, 0) is 14.3 Å². The quantitative estimate of drug-likeness (QED) is 0.527. The summed E-state index contributed by atoms with van der Waals surface area (Å²) in [5.74, 6) is 0.318. The van der Waals surface area contributed by atoms with Crippen molar-refractivity contribution in [2.24, 2.45) is 0 Å². The van der Waals surface area contributed by atoms with Gasteiger partial charge < -0.3 is 19.5 Å². The minimum Gasteiger partial charge on any atom is -0.493 e. The second kappa shape index (κ2) is 9.90. The molecule has 184 valence electrons. The maximum atomic E-state index is 13.8. The zero-order valence-electron chi connectivity index (χ0n) is 20.4. The standard InChI is InChI=1S/C28H31NO5S/c1-16-24(28(31)34-18-8-4-5-9-18)25(19-10-6-11-22(32-2)27(19)33-3)26-20(29-16)14-17(15-21(26)30)23-12-7-13-35-23/h6-7,10-13,17-18,25,29H,4-5,8-9,14-15H2,1-3H3/t17-,25-/m1/s1. The van der Waals surface area contributed by atoms with E-state index < -0.39 is 5.92 Å². The van der Waals surface area contributed by atoms with Crippen LogP contribution in [0, 0.1) is 0 Å². The molecule has 5 rings (SSSR count). The molecule has 2 heterocycles. The molecule has 1 fully saturated rings. The predicted octanol–water partition coefficient (Wildman–Crippen LogP) is 5.61. The molecule has 3 aliphatic rings. The van der Waals surface area contributed by atoms with E-state index in [-0.39, 0.29) is 23.8 Å². The number of rotatable bonds is 6. The van der Waals surface area contributed by atoms with E-state index in [1.807, 2.05) is 36.6 Å². The minimum atomic E-state index is -0.581. The summed E-state index contributed by atoms with van der Waals surface area (Å²) in [6.07, 6.45) is 4.96. The summed E-state index contributed by atoms with van der Waals surface area (Å²) in [5, 5.41) is 5.48. The van der Waals surface area contributed by atoms with Gasteiger partial charge in [-0.25, -0.2) is 4.79 Å². The molecular weight excluding hydrogens is 462 g/mol. The van der Waals surface area contributed by atoms with Gasteiger partial charge in [0.1, 0.15) is 6.10 Å². The number of benzene rings is 1. The van der Waals surface area contributed by atoms with Gasteiger partial charge in [0.05, 0.1) is 25.7 Å². The Kier molecular flexibility index (Phi) is 6.69. The van der Waals surface area contributed by atoms with Gasteiger partial charge in [-0.3, -0.25) is 4.79 Å². The zero-order valence-corrected chi connectivity index (χ0v) is 21.2. The number of carbonyl (C=O) groups excluding carboxylic acids is 2. The van der Waals surface area contributed by atoms with Crippen molar-refractivity contribution in [2.75, 3.05) is 14.2 Å². The van der Waals surface area contributed by atoms with Crippen molar-refractivity contribution in [3.8, 4) is 11.5 Å². The van der Waals surface area contributed by atoms with Crippen LogP contribution < -0.4 is 14.8 Å². The summed E-state index contributed by atoms with van der Waals surface area (Å²) in [4.78, 5) is 28.6. The lowest BCUT2D eigenvalue weighted by Crippen LogP contribution is -2.36. The summed E-state index contributed by atoms with van der Waals surface area (Å²) >= 11 is 1.68. The van der Waals surface area contributed by atoms with Crippen LogP contribution in [0.3, 0.4) is 0 Å². The average Bonchev–Trinajstić information content (AvgIpc) is 3.57. The molecule has 2 atom stereocenters. The molecule has 1 aromatic carbocycles. The van der Waals surface area contributed by atoms with Crippen molar-refractivity contribution in [1.82, 2.24) is 5.32 Å². The molecule has 1 saturated carbocycles. The molecule has 0 amide bonds. The Labute approximate surface area is 210 Å². The number of allylic oxidation sites excluding steroid dienone is 3. The van der Waals surface area contributed by atoms with Crippen LogP contribution in [-0.4, -0.2) is 32.1 Å². The van der Waals surface area contributed by atoms with Crippen LogP contribution in [0.15, 0.2) is 58.3 Å². The predicted molar refractivity (Wildman–Crippen MR) is 135 cm³/mol. The molecule has 0 bridgehead atoms. The van der Waals surface area contributed by atoms with Gasteiger partial charge in [0.2, 0.25) is 0 Å². The minimum absolute atomic E-state index is 0.0469. The molecule has 1 N–H and O–H groups in total. The first-order valence-corrected chi connectivity index (χ1v) is 13.1. The Bertz CT molecular complexity index is 1190. The molecule has 2 aromatic rings. The second-order valence-corrected chi connectivity index (χ2v) is 10.4. The van der Waals surface area contributed by atoms with E-state index in [1.165, 1.54) is 4.88 Å². The molecule has 35 heavy (non-hydrogen) atoms. The summed E-state index contributed by atoms with van der Waals surface area (Å²) in [5.41, 5.74) is 3.45. The lowest BCUT2D eigenvalue weighted by atomic mass is 9.72. The van der Waals surface area contributed by atoms with Crippen molar-refractivity contribution in [2.45, 2.75) is 63.4 Å². The number of Topliss-reactive ketones (excluding diaryl/α,β-unsaturated/α-hetero) is 1. The topological polar surface area (TPSA) is 73.9 Å². The molecule has 1 aliphatic heterocycles. The summed E-state index contributed by atoms with van der Waals surface area (Å²) in [6, 6.07) is 9.72. The number of hydrogen-bond acceptors (Lipinski definition) is 7. The van der Waals surface area contributed by atoms with E-state index in [4.69, 9.17) is 14.2 Å². The van der Waals surface area contributed by atoms with Crippen LogP contribution in [0.1, 0.15) is 67.7 Å². The molecule has 2 aliphatic carbocycles. The Morgan fingerprint density at radius 3 is 2.54 bits per heavy atom. The van der Waals surface area contributed by atoms with Crippen LogP contribution in [0.4, 0.5) is 0 Å². The van der Waals surface area contributed by atoms with Gasteiger partial charge in [-0.05, 0) is 56.5 Å². The third kappa shape index (κ3) is 4.38. The van der Waals surface area contributed by atoms with Crippen molar-refractivity contribution in [3.05, 3.63) is 68.7 Å². The highest BCUT2D eigenvalue weighted by Gasteiger charge is 2.43. The third-order valence-corrected chi connectivity index (χ3v) is 8.35. The maximum Gasteiger partial charge on any atom is 0.337 e. The first-order chi connectivity index (χ1) is 17.0. The van der Waals surface area contributed by atoms with Crippen molar-refractivity contribution in [3.63, 3.8) is 0 Å². The van der Waals surface area contributed by atoms with Gasteiger partial charge in [0.25, 0.3) is 0 Å². The highest BCUT2D eigenvalue weighted by Crippen LogP contribution is 2.49. The Morgan fingerprint density at radius 2 is 1.86 bits per heavy atom. The molecule has 0 saturated heterocycles. The molecule has 6 nitrogen and oxygen atoms in total. The van der Waals surface area contributed by atoms with E-state index in [9.17, 15) is 9.59 Å². The average molecular weight is 494 g/mol. The van der Waals surface area contributed by atoms with E-state index in [1.54, 1.807) is 25.6 Å². The van der Waals surface area contributed by atoms with Gasteiger partial charge in [0, 0.05) is 39.7 Å². The fourth-order valence-corrected chi connectivity index (χ4v) is 6.54. The Morgan fingerprint density at radius 1 is 1.06 bits per heavy atom. The van der Waals surface area contributed by atoms with Crippen molar-refractivity contribution in [1.29, 1.82) is 0 Å². The lowest BCUT2D eigenvalue weighted by molar-refractivity contribution is -0.144. The fraction of sp³-hybridized carbons (Fsp3) is 0.429. The van der Waals surface area contributed by atoms with E-state index in [2.05, 4.69) is 11.4 Å². The van der Waals surface area contributed by atoms with Gasteiger partial charge in [-0.1, -0.05) is 18.2 Å². The molecule has 7 heteroatoms. The SMILES string of the molecule is COc1cccc([C@@H]2C(C(=O)OC3CCCC3)=C(C)NC3=C2C(=O)C[C@H](c2cccs2)C3)c1OC. The monoisotopic (exact) mass is 493 g/mol. The van der Waals surface area contributed by atoms with Crippen LogP contribution in [0.25, 0.3) is 0 Å². The van der Waals surface area contributed by atoms with E-state index in [0.717, 1.165) is 42.6 Å². The van der Waals surface area contributed by atoms with Crippen molar-refractivity contribution < 1.29 is 23.8 Å². The number of hydrogen-bond donors (Lipinski definition) is 1. The third-order valence-electron chi connectivity index (χ3n) is 7.31. The number of ketones is 1. The number of dihydropyridines is 1. The maximum absolute atomic E-state index is 13.8. The smallest absolute Gasteiger partial charge is 0.337 e. The van der Waals surface area contributed by atoms with Gasteiger partial charge in [-0.15, -0.1) is 11.3 Å². The Balaban J connectivity index is 1.61. The van der Waals surface area contributed by atoms with E-state index >= 15 is 0 Å². The summed E-state index contributed by atoms with van der Waals surface area (Å²) < 4.78 is 17.3. The van der Waals surface area contributed by atoms with Crippen LogP contribution in [0.5, 0.6) is 11.5 Å². The molecule has 0 radical (unpaired) electrons. The Hall–Kier alpha value is -3.06. The lowest BCUT2D eigenvalue weighted by Gasteiger charge is -2.37. The number of esters is 1. The van der Waals surface area contributed by atoms with Crippen LogP contribution in [0.2, 0.25) is 0 Å². The molecule has 0 unspecified atom stereocenters. The van der Waals surface area contributed by atoms with E-state index in [0.29, 0.717) is 35.5 Å². The number of thiophene rings is 1. The number of carbonyl (C=O) groups is 2. The summed E-state index contributed by atoms with van der Waals surface area (Å²) in [6.45, 7) is 1.90. The molecule has 0 spiro atoms. The zero-order chi connectivity index (χ0) is 24.5. The molecule has 1 aromatic heterocycles. The highest BCUT2D eigenvalue weighted by molar-refractivity contribution is 7.10. The van der Waals surface area contributed by atoms with Crippen LogP contribution >= 0.6 is 11.3 Å². The number of ether oxygens (including phenoxy) is 3. The van der Waals surface area contributed by atoms with Crippen molar-refractivity contribution >= 4 is 23.1 Å². The highest BCUT2D eigenvalue weighted by atomic mass is 32.1. The fourth-order valence-electron chi connectivity index (χ4n) is 5.71. The summed E-state index contributed by atoms with van der Waals surface area (Å²) in [7, 11) is 3.17. The normalized spacial score (nSPS) is 22.7. The first-order valence-electron chi connectivity index (χ1n) is 12.2. The number of methoxy groups -OCH3 is 2. The first kappa shape index (κ1) is 23.7. The van der Waals surface area contributed by atoms with Gasteiger partial charge in [0.15, 0.2) is 17.3 Å².